The highest BCUT2D eigenvalue weighted by Crippen LogP contribution is 2.24. The summed E-state index contributed by atoms with van der Waals surface area (Å²) in [7, 11) is 0. The summed E-state index contributed by atoms with van der Waals surface area (Å²) in [5.74, 6) is 1.57. The van der Waals surface area contributed by atoms with Crippen LogP contribution in [0.15, 0.2) is 24.3 Å². The maximum atomic E-state index is 12.1. The molecule has 1 saturated heterocycles. The Labute approximate surface area is 144 Å². The highest BCUT2D eigenvalue weighted by molar-refractivity contribution is 5.94. The van der Waals surface area contributed by atoms with Crippen molar-refractivity contribution in [3.05, 3.63) is 29.8 Å². The van der Waals surface area contributed by atoms with Crippen molar-refractivity contribution < 1.29 is 9.53 Å². The molecule has 4 nitrogen and oxygen atoms in total. The van der Waals surface area contributed by atoms with Gasteiger partial charge in [0, 0.05) is 18.2 Å². The Morgan fingerprint density at radius 1 is 1.13 bits per heavy atom. The third kappa shape index (κ3) is 5.40. The number of carbonyl (C=O) groups is 1. The van der Waals surface area contributed by atoms with E-state index >= 15 is 0 Å². The molecule has 2 aliphatic rings. The van der Waals surface area contributed by atoms with Gasteiger partial charge in [-0.15, -0.1) is 12.4 Å². The second-order valence-corrected chi connectivity index (χ2v) is 6.50. The third-order valence-corrected chi connectivity index (χ3v) is 4.72. The molecule has 1 amide bonds. The molecule has 2 N–H and O–H groups in total. The van der Waals surface area contributed by atoms with Crippen LogP contribution in [0, 0.1) is 5.92 Å². The van der Waals surface area contributed by atoms with E-state index in [2.05, 4.69) is 10.6 Å². The van der Waals surface area contributed by atoms with Crippen LogP contribution in [0.2, 0.25) is 0 Å². The van der Waals surface area contributed by atoms with Gasteiger partial charge in [0.05, 0.1) is 6.61 Å². The lowest BCUT2D eigenvalue weighted by Crippen LogP contribution is -2.36. The second-order valence-electron chi connectivity index (χ2n) is 6.50. The van der Waals surface area contributed by atoms with Crippen molar-refractivity contribution in [1.82, 2.24) is 10.6 Å². The van der Waals surface area contributed by atoms with Crippen molar-refractivity contribution in [1.29, 1.82) is 0 Å². The summed E-state index contributed by atoms with van der Waals surface area (Å²) in [5, 5.41) is 6.31. The summed E-state index contributed by atoms with van der Waals surface area (Å²) >= 11 is 0. The molecule has 0 spiro atoms. The van der Waals surface area contributed by atoms with Gasteiger partial charge in [-0.05, 0) is 56.0 Å². The Hall–Kier alpha value is -1.26. The lowest BCUT2D eigenvalue weighted by Gasteiger charge is -2.21. The Bertz CT molecular complexity index is 480. The smallest absolute Gasteiger partial charge is 0.251 e. The fourth-order valence-electron chi connectivity index (χ4n) is 3.32. The largest absolute Gasteiger partial charge is 0.493 e. The lowest BCUT2D eigenvalue weighted by molar-refractivity contribution is 0.0940. The first kappa shape index (κ1) is 18.1. The van der Waals surface area contributed by atoms with E-state index in [4.69, 9.17) is 4.74 Å². The van der Waals surface area contributed by atoms with E-state index in [1.165, 1.54) is 32.1 Å². The minimum Gasteiger partial charge on any atom is -0.493 e. The van der Waals surface area contributed by atoms with Crippen molar-refractivity contribution in [2.45, 2.75) is 44.6 Å². The van der Waals surface area contributed by atoms with Crippen molar-refractivity contribution in [2.24, 2.45) is 5.92 Å². The molecule has 128 valence electrons. The highest BCUT2D eigenvalue weighted by Gasteiger charge is 2.17. The molecule has 5 heteroatoms. The Kier molecular flexibility index (Phi) is 7.18. The van der Waals surface area contributed by atoms with Gasteiger partial charge in [-0.25, -0.2) is 0 Å². The molecule has 1 unspecified atom stereocenters. The number of ether oxygens (including phenoxy) is 1. The van der Waals surface area contributed by atoms with Crippen molar-refractivity contribution >= 4 is 18.3 Å². The van der Waals surface area contributed by atoms with E-state index in [0.29, 0.717) is 11.5 Å². The minimum atomic E-state index is 0. The van der Waals surface area contributed by atoms with Crippen molar-refractivity contribution in [3.8, 4) is 5.75 Å². The zero-order chi connectivity index (χ0) is 15.2. The Morgan fingerprint density at radius 3 is 2.52 bits per heavy atom. The lowest BCUT2D eigenvalue weighted by atomic mass is 9.90. The summed E-state index contributed by atoms with van der Waals surface area (Å²) in [4.78, 5) is 12.1. The summed E-state index contributed by atoms with van der Waals surface area (Å²) in [5.41, 5.74) is 0.705. The van der Waals surface area contributed by atoms with Crippen molar-refractivity contribution in [2.75, 3.05) is 19.7 Å². The van der Waals surface area contributed by atoms with E-state index < -0.39 is 0 Å². The molecule has 1 aromatic carbocycles. The molecule has 2 fully saturated rings. The van der Waals surface area contributed by atoms with Gasteiger partial charge in [-0.2, -0.15) is 0 Å². The first-order valence-corrected chi connectivity index (χ1v) is 8.56. The van der Waals surface area contributed by atoms with Crippen LogP contribution >= 0.6 is 12.4 Å². The standard InChI is InChI=1S/C18H26N2O2.ClH/c21-18(20-16-10-11-19-12-16)15-6-8-17(9-7-15)22-13-14-4-2-1-3-5-14;/h6-9,14,16,19H,1-5,10-13H2,(H,20,21);1H. The molecule has 1 heterocycles. The highest BCUT2D eigenvalue weighted by atomic mass is 35.5. The van der Waals surface area contributed by atoms with Crippen LogP contribution in [0.4, 0.5) is 0 Å². The van der Waals surface area contributed by atoms with Crippen LogP contribution in [-0.2, 0) is 0 Å². The van der Waals surface area contributed by atoms with E-state index in [9.17, 15) is 4.79 Å². The SMILES string of the molecule is Cl.O=C(NC1CCNC1)c1ccc(OCC2CCCCC2)cc1. The van der Waals surface area contributed by atoms with E-state index in [1.807, 2.05) is 24.3 Å². The molecule has 3 rings (SSSR count). The maximum absolute atomic E-state index is 12.1. The first-order valence-electron chi connectivity index (χ1n) is 8.56. The molecular formula is C18H27ClN2O2. The zero-order valence-corrected chi connectivity index (χ0v) is 14.4. The molecule has 0 radical (unpaired) electrons. The van der Waals surface area contributed by atoms with Crippen LogP contribution in [-0.4, -0.2) is 31.6 Å². The zero-order valence-electron chi connectivity index (χ0n) is 13.6. The molecule has 1 atom stereocenters. The third-order valence-electron chi connectivity index (χ3n) is 4.72. The topological polar surface area (TPSA) is 50.4 Å². The summed E-state index contributed by atoms with van der Waals surface area (Å²) < 4.78 is 5.87. The van der Waals surface area contributed by atoms with Crippen LogP contribution in [0.3, 0.4) is 0 Å². The number of hydrogen-bond acceptors (Lipinski definition) is 3. The molecule has 1 aliphatic carbocycles. The van der Waals surface area contributed by atoms with Gasteiger partial charge < -0.3 is 15.4 Å². The fraction of sp³-hybridized carbons (Fsp3) is 0.611. The number of nitrogens with one attached hydrogen (secondary N) is 2. The molecule has 23 heavy (non-hydrogen) atoms. The number of carbonyl (C=O) groups excluding carboxylic acids is 1. The van der Waals surface area contributed by atoms with E-state index in [1.54, 1.807) is 0 Å². The van der Waals surface area contributed by atoms with E-state index in [0.717, 1.165) is 31.9 Å². The molecule has 1 aliphatic heterocycles. The van der Waals surface area contributed by atoms with Crippen molar-refractivity contribution in [3.63, 3.8) is 0 Å². The molecule has 1 saturated carbocycles. The van der Waals surface area contributed by atoms with Gasteiger partial charge in [0.15, 0.2) is 0 Å². The van der Waals surface area contributed by atoms with E-state index in [-0.39, 0.29) is 24.4 Å². The van der Waals surface area contributed by atoms with Crippen LogP contribution in [0.1, 0.15) is 48.9 Å². The van der Waals surface area contributed by atoms with Crippen LogP contribution in [0.25, 0.3) is 0 Å². The number of benzene rings is 1. The summed E-state index contributed by atoms with van der Waals surface area (Å²) in [6, 6.07) is 7.78. The van der Waals surface area contributed by atoms with Gasteiger partial charge in [0.2, 0.25) is 0 Å². The number of amides is 1. The second kappa shape index (κ2) is 9.14. The maximum Gasteiger partial charge on any atom is 0.251 e. The van der Waals surface area contributed by atoms with Gasteiger partial charge >= 0.3 is 0 Å². The van der Waals surface area contributed by atoms with Crippen LogP contribution in [0.5, 0.6) is 5.75 Å². The first-order chi connectivity index (χ1) is 10.8. The average molecular weight is 339 g/mol. The number of hydrogen-bond donors (Lipinski definition) is 2. The molecule has 0 bridgehead atoms. The Balaban J connectivity index is 0.00000192. The monoisotopic (exact) mass is 338 g/mol. The van der Waals surface area contributed by atoms with Gasteiger partial charge in [0.25, 0.3) is 5.91 Å². The average Bonchev–Trinajstić information content (AvgIpc) is 3.07. The summed E-state index contributed by atoms with van der Waals surface area (Å²) in [6.07, 6.45) is 7.63. The van der Waals surface area contributed by atoms with Gasteiger partial charge in [0.1, 0.15) is 5.75 Å². The molecular weight excluding hydrogens is 312 g/mol. The Morgan fingerprint density at radius 2 is 1.87 bits per heavy atom. The van der Waals surface area contributed by atoms with Crippen LogP contribution < -0.4 is 15.4 Å². The summed E-state index contributed by atoms with van der Waals surface area (Å²) in [6.45, 7) is 2.66. The fourth-order valence-corrected chi connectivity index (χ4v) is 3.32. The normalized spacial score (nSPS) is 21.5. The number of halogens is 1. The molecule has 0 aromatic heterocycles. The number of rotatable bonds is 5. The van der Waals surface area contributed by atoms with Gasteiger partial charge in [-0.1, -0.05) is 19.3 Å². The van der Waals surface area contributed by atoms with Gasteiger partial charge in [-0.3, -0.25) is 4.79 Å². The molecule has 1 aromatic rings. The predicted octanol–water partition coefficient (Wildman–Crippen LogP) is 3.16. The quantitative estimate of drug-likeness (QED) is 0.867. The predicted molar refractivity (Wildman–Crippen MR) is 94.5 cm³/mol. The minimum absolute atomic E-state index is 0.